The first kappa shape index (κ1) is 16.1. The molecule has 5 nitrogen and oxygen atoms in total. The molecular weight excluding hydrogens is 315 g/mol. The van der Waals surface area contributed by atoms with E-state index in [1.807, 2.05) is 4.90 Å². The smallest absolute Gasteiger partial charge is 0.320 e. The number of benzene rings is 1. The van der Waals surface area contributed by atoms with E-state index in [0.29, 0.717) is 41.8 Å². The minimum Gasteiger partial charge on any atom is -0.480 e. The first-order valence-corrected chi connectivity index (χ1v) is 7.37. The molecular formula is C14H16Cl2N2O3. The Hall–Kier alpha value is -1.30. The van der Waals surface area contributed by atoms with Crippen molar-refractivity contribution in [3.63, 3.8) is 0 Å². The molecule has 1 aliphatic rings. The number of rotatable bonds is 3. The Morgan fingerprint density at radius 2 is 1.67 bits per heavy atom. The van der Waals surface area contributed by atoms with Gasteiger partial charge in [-0.25, -0.2) is 0 Å². The molecule has 1 atom stereocenters. The summed E-state index contributed by atoms with van der Waals surface area (Å²) in [6, 6.07) is 4.40. The number of halogens is 2. The zero-order valence-corrected chi connectivity index (χ0v) is 13.1. The van der Waals surface area contributed by atoms with Gasteiger partial charge in [0, 0.05) is 26.2 Å². The van der Waals surface area contributed by atoms with Gasteiger partial charge in [-0.3, -0.25) is 14.5 Å². The number of hydrogen-bond acceptors (Lipinski definition) is 3. The van der Waals surface area contributed by atoms with Crippen LogP contribution in [-0.2, 0) is 4.79 Å². The first-order chi connectivity index (χ1) is 9.91. The molecule has 1 saturated heterocycles. The van der Waals surface area contributed by atoms with Gasteiger partial charge in [-0.05, 0) is 19.1 Å². The van der Waals surface area contributed by atoms with Gasteiger partial charge < -0.3 is 10.0 Å². The lowest BCUT2D eigenvalue weighted by Crippen LogP contribution is -2.53. The van der Waals surface area contributed by atoms with Crippen molar-refractivity contribution in [3.05, 3.63) is 33.8 Å². The Kier molecular flexibility index (Phi) is 5.08. The predicted molar refractivity (Wildman–Crippen MR) is 81.0 cm³/mol. The fourth-order valence-electron chi connectivity index (χ4n) is 2.33. The summed E-state index contributed by atoms with van der Waals surface area (Å²) in [6.45, 7) is 3.59. The van der Waals surface area contributed by atoms with Gasteiger partial charge in [0.05, 0.1) is 15.6 Å². The van der Waals surface area contributed by atoms with Gasteiger partial charge in [0.15, 0.2) is 0 Å². The van der Waals surface area contributed by atoms with E-state index in [0.717, 1.165) is 0 Å². The number of carboxylic acid groups (broad SMARTS) is 1. The van der Waals surface area contributed by atoms with Crippen molar-refractivity contribution >= 4 is 35.1 Å². The highest BCUT2D eigenvalue weighted by Crippen LogP contribution is 2.26. The van der Waals surface area contributed by atoms with Crippen molar-refractivity contribution in [2.45, 2.75) is 13.0 Å². The second-order valence-electron chi connectivity index (χ2n) is 4.94. The topological polar surface area (TPSA) is 60.9 Å². The minimum atomic E-state index is -0.857. The van der Waals surface area contributed by atoms with Crippen LogP contribution in [0.3, 0.4) is 0 Å². The molecule has 1 heterocycles. The van der Waals surface area contributed by atoms with Crippen LogP contribution in [0.1, 0.15) is 17.3 Å². The molecule has 0 aliphatic carbocycles. The van der Waals surface area contributed by atoms with E-state index in [9.17, 15) is 9.59 Å². The van der Waals surface area contributed by atoms with Crippen LogP contribution >= 0.6 is 23.2 Å². The maximum Gasteiger partial charge on any atom is 0.320 e. The monoisotopic (exact) mass is 330 g/mol. The third-order valence-corrected chi connectivity index (χ3v) is 4.31. The molecule has 0 radical (unpaired) electrons. The second-order valence-corrected chi connectivity index (χ2v) is 5.75. The van der Waals surface area contributed by atoms with E-state index >= 15 is 0 Å². The number of carbonyl (C=O) groups excluding carboxylic acids is 1. The fourth-order valence-corrected chi connectivity index (χ4v) is 2.89. The van der Waals surface area contributed by atoms with Gasteiger partial charge in [0.25, 0.3) is 5.91 Å². The molecule has 114 valence electrons. The van der Waals surface area contributed by atoms with Crippen LogP contribution in [0.4, 0.5) is 0 Å². The van der Waals surface area contributed by atoms with Crippen molar-refractivity contribution in [1.29, 1.82) is 0 Å². The molecule has 0 unspecified atom stereocenters. The predicted octanol–water partition coefficient (Wildman–Crippen LogP) is 2.22. The lowest BCUT2D eigenvalue weighted by Gasteiger charge is -2.36. The average molecular weight is 331 g/mol. The molecule has 1 aromatic carbocycles. The van der Waals surface area contributed by atoms with Gasteiger partial charge in [-0.1, -0.05) is 29.3 Å². The molecule has 21 heavy (non-hydrogen) atoms. The molecule has 1 amide bonds. The summed E-state index contributed by atoms with van der Waals surface area (Å²) in [4.78, 5) is 26.9. The van der Waals surface area contributed by atoms with Gasteiger partial charge in [-0.2, -0.15) is 0 Å². The van der Waals surface area contributed by atoms with Gasteiger partial charge >= 0.3 is 5.97 Å². The number of hydrogen-bond donors (Lipinski definition) is 1. The highest BCUT2D eigenvalue weighted by atomic mass is 35.5. The summed E-state index contributed by atoms with van der Waals surface area (Å²) in [5.74, 6) is -1.07. The van der Waals surface area contributed by atoms with Gasteiger partial charge in [0.1, 0.15) is 6.04 Å². The summed E-state index contributed by atoms with van der Waals surface area (Å²) >= 11 is 12.1. The molecule has 1 aliphatic heterocycles. The van der Waals surface area contributed by atoms with Crippen molar-refractivity contribution in [1.82, 2.24) is 9.80 Å². The summed E-state index contributed by atoms with van der Waals surface area (Å²) in [6.07, 6.45) is 0. The number of amides is 1. The Bertz CT molecular complexity index is 537. The molecule has 0 saturated carbocycles. The number of nitrogens with zero attached hydrogens (tertiary/aromatic N) is 2. The average Bonchev–Trinajstić information content (AvgIpc) is 2.46. The van der Waals surface area contributed by atoms with E-state index in [4.69, 9.17) is 28.3 Å². The second kappa shape index (κ2) is 6.64. The Labute approximate surface area is 133 Å². The Morgan fingerprint density at radius 3 is 2.14 bits per heavy atom. The van der Waals surface area contributed by atoms with Crippen molar-refractivity contribution < 1.29 is 14.7 Å². The molecule has 1 fully saturated rings. The van der Waals surface area contributed by atoms with Crippen LogP contribution in [0.5, 0.6) is 0 Å². The highest BCUT2D eigenvalue weighted by Gasteiger charge is 2.29. The third kappa shape index (κ3) is 3.48. The zero-order chi connectivity index (χ0) is 15.6. The van der Waals surface area contributed by atoms with Gasteiger partial charge in [0.2, 0.25) is 0 Å². The normalized spacial score (nSPS) is 17.6. The zero-order valence-electron chi connectivity index (χ0n) is 11.6. The standard InChI is InChI=1S/C14H16Cl2N2O3/c1-9(14(20)21)17-5-7-18(8-6-17)13(19)12-10(15)3-2-4-11(12)16/h2-4,9H,5-8H2,1H3,(H,20,21)/t9-/m0/s1. The molecule has 2 rings (SSSR count). The molecule has 0 bridgehead atoms. The van der Waals surface area contributed by atoms with E-state index in [1.165, 1.54) is 0 Å². The van der Waals surface area contributed by atoms with Crippen LogP contribution < -0.4 is 0 Å². The van der Waals surface area contributed by atoms with Crippen LogP contribution in [0.2, 0.25) is 10.0 Å². The maximum absolute atomic E-state index is 12.5. The summed E-state index contributed by atoms with van der Waals surface area (Å²) < 4.78 is 0. The summed E-state index contributed by atoms with van der Waals surface area (Å²) in [7, 11) is 0. The van der Waals surface area contributed by atoms with E-state index in [-0.39, 0.29) is 5.91 Å². The van der Waals surface area contributed by atoms with Crippen LogP contribution in [0.25, 0.3) is 0 Å². The SMILES string of the molecule is C[C@@H](C(=O)O)N1CCN(C(=O)c2c(Cl)cccc2Cl)CC1. The van der Waals surface area contributed by atoms with E-state index in [2.05, 4.69) is 0 Å². The molecule has 0 aromatic heterocycles. The summed E-state index contributed by atoms with van der Waals surface area (Å²) in [5, 5.41) is 9.66. The largest absolute Gasteiger partial charge is 0.480 e. The number of piperazine rings is 1. The van der Waals surface area contributed by atoms with Crippen LogP contribution in [0.15, 0.2) is 18.2 Å². The number of carboxylic acids is 1. The van der Waals surface area contributed by atoms with E-state index < -0.39 is 12.0 Å². The van der Waals surface area contributed by atoms with Gasteiger partial charge in [-0.15, -0.1) is 0 Å². The molecule has 7 heteroatoms. The molecule has 1 N–H and O–H groups in total. The highest BCUT2D eigenvalue weighted by molar-refractivity contribution is 6.39. The van der Waals surface area contributed by atoms with Crippen molar-refractivity contribution in [2.75, 3.05) is 26.2 Å². The fraction of sp³-hybridized carbons (Fsp3) is 0.429. The number of aliphatic carboxylic acids is 1. The lowest BCUT2D eigenvalue weighted by molar-refractivity contribution is -0.143. The van der Waals surface area contributed by atoms with Crippen LogP contribution in [0, 0.1) is 0 Å². The Morgan fingerprint density at radius 1 is 1.14 bits per heavy atom. The Balaban J connectivity index is 2.06. The number of carbonyl (C=O) groups is 2. The first-order valence-electron chi connectivity index (χ1n) is 6.62. The van der Waals surface area contributed by atoms with Crippen LogP contribution in [-0.4, -0.2) is 59.0 Å². The quantitative estimate of drug-likeness (QED) is 0.923. The van der Waals surface area contributed by atoms with E-state index in [1.54, 1.807) is 30.0 Å². The maximum atomic E-state index is 12.5. The third-order valence-electron chi connectivity index (χ3n) is 3.68. The van der Waals surface area contributed by atoms with Crippen molar-refractivity contribution in [2.24, 2.45) is 0 Å². The molecule has 1 aromatic rings. The lowest BCUT2D eigenvalue weighted by atomic mass is 10.1. The van der Waals surface area contributed by atoms with Crippen molar-refractivity contribution in [3.8, 4) is 0 Å². The summed E-state index contributed by atoms with van der Waals surface area (Å²) in [5.41, 5.74) is 0.306. The molecule has 0 spiro atoms. The minimum absolute atomic E-state index is 0.215.